The second-order valence-corrected chi connectivity index (χ2v) is 12.5. The summed E-state index contributed by atoms with van der Waals surface area (Å²) in [4.78, 5) is 18.6. The monoisotopic (exact) mass is 599 g/mol. The van der Waals surface area contributed by atoms with E-state index in [4.69, 9.17) is 4.74 Å². The Hall–Kier alpha value is -2.00. The molecule has 38 heavy (non-hydrogen) atoms. The summed E-state index contributed by atoms with van der Waals surface area (Å²) in [7, 11) is 2.14. The third kappa shape index (κ3) is 5.51. The number of piperazine rings is 1. The molecule has 1 N–H and O–H groups in total. The molecule has 2 heterocycles. The number of nitrogens with zero attached hydrogens (tertiary/aromatic N) is 3. The zero-order valence-corrected chi connectivity index (χ0v) is 25.0. The molecule has 0 bridgehead atoms. The van der Waals surface area contributed by atoms with Crippen LogP contribution in [-0.4, -0.2) is 71.0 Å². The predicted octanol–water partition coefficient (Wildman–Crippen LogP) is 6.60. The van der Waals surface area contributed by atoms with Crippen molar-refractivity contribution >= 4 is 44.6 Å². The molecule has 1 unspecified atom stereocenters. The van der Waals surface area contributed by atoms with Gasteiger partial charge in [-0.25, -0.2) is 4.79 Å². The average Bonchev–Trinajstić information content (AvgIpc) is 3.70. The Morgan fingerprint density at radius 3 is 2.50 bits per heavy atom. The van der Waals surface area contributed by atoms with Crippen molar-refractivity contribution < 1.29 is 14.6 Å². The van der Waals surface area contributed by atoms with E-state index in [2.05, 4.69) is 68.5 Å². The highest BCUT2D eigenvalue weighted by atomic mass is 79.9. The minimum absolute atomic E-state index is 0.0130. The Balaban J connectivity index is 1.78. The molecular weight excluding hydrogens is 562 g/mol. The number of benzene rings is 2. The highest BCUT2D eigenvalue weighted by Crippen LogP contribution is 2.50. The predicted molar refractivity (Wildman–Crippen MR) is 159 cm³/mol. The minimum atomic E-state index is -0.300. The van der Waals surface area contributed by atoms with Crippen molar-refractivity contribution in [1.82, 2.24) is 14.4 Å². The standard InChI is InChI=1S/C30H38BrN3O3S/c1-4-17-38-29(20-9-7-6-8-10-20)27-26(30(36)37-5-2)25-22(19-33-15-13-32(3)14-16-33)28(35)23(31)18-24(25)34(27)21-11-12-21/h6-10,18,21,29,35H,4-5,11-17,19H2,1-3H3. The smallest absolute Gasteiger partial charge is 0.340 e. The Morgan fingerprint density at radius 1 is 1.16 bits per heavy atom. The SMILES string of the molecule is CCCSC(c1ccccc1)c1c(C(=O)OCC)c2c(CN3CCN(C)CC3)c(O)c(Br)cc2n1C1CC1. The highest BCUT2D eigenvalue weighted by molar-refractivity contribution is 9.10. The fourth-order valence-corrected chi connectivity index (χ4v) is 7.16. The summed E-state index contributed by atoms with van der Waals surface area (Å²) in [6.45, 7) is 8.78. The number of carbonyl (C=O) groups is 1. The third-order valence-electron chi connectivity index (χ3n) is 7.57. The first-order chi connectivity index (χ1) is 18.4. The lowest BCUT2D eigenvalue weighted by atomic mass is 10.00. The van der Waals surface area contributed by atoms with Gasteiger partial charge in [0.05, 0.1) is 33.1 Å². The first-order valence-corrected chi connectivity index (χ1v) is 15.6. The van der Waals surface area contributed by atoms with E-state index in [1.165, 1.54) is 5.56 Å². The van der Waals surface area contributed by atoms with Crippen LogP contribution in [0.5, 0.6) is 5.75 Å². The molecule has 1 aliphatic heterocycles. The van der Waals surface area contributed by atoms with Crippen molar-refractivity contribution in [3.05, 3.63) is 63.3 Å². The molecule has 0 amide bonds. The molecule has 1 atom stereocenters. The number of hydrogen-bond acceptors (Lipinski definition) is 6. The van der Waals surface area contributed by atoms with Gasteiger partial charge in [-0.1, -0.05) is 37.3 Å². The first kappa shape index (κ1) is 27.6. The summed E-state index contributed by atoms with van der Waals surface area (Å²) >= 11 is 5.54. The Labute approximate surface area is 238 Å². The topological polar surface area (TPSA) is 57.9 Å². The van der Waals surface area contributed by atoms with Crippen LogP contribution in [-0.2, 0) is 11.3 Å². The van der Waals surface area contributed by atoms with Crippen LogP contribution in [0, 0.1) is 0 Å². The van der Waals surface area contributed by atoms with E-state index < -0.39 is 0 Å². The van der Waals surface area contributed by atoms with Crippen LogP contribution in [0.3, 0.4) is 0 Å². The maximum atomic E-state index is 13.9. The largest absolute Gasteiger partial charge is 0.506 e. The normalized spacial score (nSPS) is 17.7. The maximum Gasteiger partial charge on any atom is 0.340 e. The van der Waals surface area contributed by atoms with Gasteiger partial charge in [-0.3, -0.25) is 4.90 Å². The second kappa shape index (κ2) is 12.0. The fourth-order valence-electron chi connectivity index (χ4n) is 5.50. The van der Waals surface area contributed by atoms with Crippen molar-refractivity contribution in [2.24, 2.45) is 0 Å². The summed E-state index contributed by atoms with van der Waals surface area (Å²) in [6.07, 6.45) is 3.23. The first-order valence-electron chi connectivity index (χ1n) is 13.8. The summed E-state index contributed by atoms with van der Waals surface area (Å²) in [6, 6.07) is 12.9. The molecule has 1 saturated carbocycles. The van der Waals surface area contributed by atoms with Crippen LogP contribution < -0.4 is 0 Å². The van der Waals surface area contributed by atoms with Gasteiger partial charge in [0.2, 0.25) is 0 Å². The number of thioether (sulfide) groups is 1. The molecule has 2 fully saturated rings. The molecule has 1 aliphatic carbocycles. The van der Waals surface area contributed by atoms with Gasteiger partial charge < -0.3 is 19.3 Å². The van der Waals surface area contributed by atoms with E-state index in [0.717, 1.165) is 73.4 Å². The Morgan fingerprint density at radius 2 is 1.87 bits per heavy atom. The van der Waals surface area contributed by atoms with Crippen molar-refractivity contribution in [2.45, 2.75) is 50.9 Å². The van der Waals surface area contributed by atoms with Crippen molar-refractivity contribution in [3.8, 4) is 5.75 Å². The Kier molecular flexibility index (Phi) is 8.72. The molecule has 0 spiro atoms. The number of carbonyl (C=O) groups excluding carboxylic acids is 1. The van der Waals surface area contributed by atoms with Gasteiger partial charge >= 0.3 is 5.97 Å². The maximum absolute atomic E-state index is 13.9. The van der Waals surface area contributed by atoms with Crippen molar-refractivity contribution in [2.75, 3.05) is 45.6 Å². The zero-order valence-electron chi connectivity index (χ0n) is 22.6. The van der Waals surface area contributed by atoms with Gasteiger partial charge in [0, 0.05) is 49.7 Å². The molecule has 6 nitrogen and oxygen atoms in total. The van der Waals surface area contributed by atoms with E-state index in [-0.39, 0.29) is 17.0 Å². The van der Waals surface area contributed by atoms with Crippen molar-refractivity contribution in [1.29, 1.82) is 0 Å². The van der Waals surface area contributed by atoms with Crippen LogP contribution >= 0.6 is 27.7 Å². The lowest BCUT2D eigenvalue weighted by Crippen LogP contribution is -2.43. The number of aromatic nitrogens is 1. The van der Waals surface area contributed by atoms with E-state index in [0.29, 0.717) is 29.2 Å². The molecule has 8 heteroatoms. The fraction of sp³-hybridized carbons (Fsp3) is 0.500. The van der Waals surface area contributed by atoms with Gasteiger partial charge in [0.25, 0.3) is 0 Å². The summed E-state index contributed by atoms with van der Waals surface area (Å²) < 4.78 is 8.81. The molecule has 204 valence electrons. The highest BCUT2D eigenvalue weighted by Gasteiger charge is 2.38. The molecule has 1 saturated heterocycles. The number of aromatic hydroxyl groups is 1. The van der Waals surface area contributed by atoms with Gasteiger partial charge in [-0.15, -0.1) is 11.8 Å². The molecule has 3 aromatic rings. The van der Waals surface area contributed by atoms with Gasteiger partial charge in [0.1, 0.15) is 5.75 Å². The molecule has 2 aromatic carbocycles. The lowest BCUT2D eigenvalue weighted by molar-refractivity contribution is 0.0527. The number of likely N-dealkylation sites (N-methyl/N-ethyl adjacent to an activating group) is 1. The van der Waals surface area contributed by atoms with E-state index >= 15 is 0 Å². The van der Waals surface area contributed by atoms with Gasteiger partial charge in [0.15, 0.2) is 0 Å². The second-order valence-electron chi connectivity index (χ2n) is 10.4. The number of esters is 1. The number of phenolic OH excluding ortho intramolecular Hbond substituents is 1. The number of ether oxygens (including phenoxy) is 1. The molecule has 5 rings (SSSR count). The number of rotatable bonds is 10. The van der Waals surface area contributed by atoms with E-state index in [1.54, 1.807) is 0 Å². The summed E-state index contributed by atoms with van der Waals surface area (Å²) in [5.74, 6) is 0.905. The quantitative estimate of drug-likeness (QED) is 0.265. The van der Waals surface area contributed by atoms with Crippen LogP contribution in [0.2, 0.25) is 0 Å². The number of halogens is 1. The third-order valence-corrected chi connectivity index (χ3v) is 9.64. The molecule has 1 aromatic heterocycles. The molecule has 0 radical (unpaired) electrons. The van der Waals surface area contributed by atoms with Crippen LogP contribution in [0.4, 0.5) is 0 Å². The zero-order chi connectivity index (χ0) is 26.8. The van der Waals surface area contributed by atoms with Gasteiger partial charge in [-0.05, 0) is 66.5 Å². The van der Waals surface area contributed by atoms with Crippen LogP contribution in [0.25, 0.3) is 10.9 Å². The van der Waals surface area contributed by atoms with Crippen LogP contribution in [0.15, 0.2) is 40.9 Å². The average molecular weight is 601 g/mol. The number of hydrogen-bond donors (Lipinski definition) is 1. The lowest BCUT2D eigenvalue weighted by Gasteiger charge is -2.32. The summed E-state index contributed by atoms with van der Waals surface area (Å²) in [5.41, 5.74) is 4.65. The number of fused-ring (bicyclic) bond motifs is 1. The number of phenols is 1. The molecular formula is C30H38BrN3O3S. The van der Waals surface area contributed by atoms with Crippen molar-refractivity contribution in [3.63, 3.8) is 0 Å². The van der Waals surface area contributed by atoms with E-state index in [1.807, 2.05) is 30.8 Å². The van der Waals surface area contributed by atoms with E-state index in [9.17, 15) is 9.90 Å². The van der Waals surface area contributed by atoms with Gasteiger partial charge in [-0.2, -0.15) is 0 Å². The Bertz CT molecular complexity index is 1280. The van der Waals surface area contributed by atoms with Crippen LogP contribution in [0.1, 0.15) is 71.6 Å². The summed E-state index contributed by atoms with van der Waals surface area (Å²) in [5, 5.41) is 12.3. The molecule has 2 aliphatic rings. The minimum Gasteiger partial charge on any atom is -0.506 e.